The molecule has 0 spiro atoms. The lowest BCUT2D eigenvalue weighted by atomic mass is 10.2. The van der Waals surface area contributed by atoms with Crippen LogP contribution in [0.3, 0.4) is 0 Å². The first-order valence-corrected chi connectivity index (χ1v) is 8.51. The zero-order valence-corrected chi connectivity index (χ0v) is 15.2. The van der Waals surface area contributed by atoms with E-state index in [1.807, 2.05) is 27.7 Å². The first-order chi connectivity index (χ1) is 10.8. The monoisotopic (exact) mass is 327 g/mol. The summed E-state index contributed by atoms with van der Waals surface area (Å²) in [4.78, 5) is 18.5. The molecule has 7 heteroatoms. The number of ether oxygens (including phenoxy) is 1. The number of nitrogens with one attached hydrogen (secondary N) is 3. The van der Waals surface area contributed by atoms with Gasteiger partial charge in [0.25, 0.3) is 0 Å². The molecule has 23 heavy (non-hydrogen) atoms. The van der Waals surface area contributed by atoms with Crippen LogP contribution in [-0.2, 0) is 4.74 Å². The van der Waals surface area contributed by atoms with Gasteiger partial charge in [-0.05, 0) is 54.1 Å². The number of hydrogen-bond acceptors (Lipinski definition) is 4. The maximum Gasteiger partial charge on any atom is 0.407 e. The lowest BCUT2D eigenvalue weighted by Crippen LogP contribution is -2.43. The molecule has 1 heterocycles. The van der Waals surface area contributed by atoms with Crippen molar-refractivity contribution < 1.29 is 9.53 Å². The summed E-state index contributed by atoms with van der Waals surface area (Å²) in [6, 6.07) is 0.533. The van der Waals surface area contributed by atoms with Crippen LogP contribution in [0.1, 0.15) is 40.5 Å². The molecule has 3 N–H and O–H groups in total. The molecule has 1 rings (SSSR count). The van der Waals surface area contributed by atoms with Crippen LogP contribution >= 0.6 is 0 Å². The van der Waals surface area contributed by atoms with E-state index in [1.165, 1.54) is 12.8 Å². The third-order valence-corrected chi connectivity index (χ3v) is 3.56. The van der Waals surface area contributed by atoms with Gasteiger partial charge in [-0.25, -0.2) is 4.79 Å². The smallest absolute Gasteiger partial charge is 0.407 e. The van der Waals surface area contributed by atoms with Gasteiger partial charge < -0.3 is 25.6 Å². The van der Waals surface area contributed by atoms with Gasteiger partial charge in [-0.1, -0.05) is 0 Å². The molecular weight excluding hydrogens is 294 g/mol. The van der Waals surface area contributed by atoms with E-state index in [-0.39, 0.29) is 0 Å². The van der Waals surface area contributed by atoms with E-state index in [0.717, 1.165) is 25.6 Å². The standard InChI is InChI=1S/C16H33N5O2/c1-6-17-14(20-12-13-8-7-11-21(13)5)18-9-10-19-15(22)23-16(2,3)4/h13H,6-12H2,1-5H3,(H,19,22)(H2,17,18,20). The molecule has 0 aromatic rings. The van der Waals surface area contributed by atoms with Crippen molar-refractivity contribution in [3.63, 3.8) is 0 Å². The fourth-order valence-electron chi connectivity index (χ4n) is 2.41. The molecule has 1 saturated heterocycles. The van der Waals surface area contributed by atoms with Crippen molar-refractivity contribution >= 4 is 12.1 Å². The molecule has 134 valence electrons. The van der Waals surface area contributed by atoms with E-state index in [9.17, 15) is 4.79 Å². The van der Waals surface area contributed by atoms with Crippen LogP contribution in [0.4, 0.5) is 4.79 Å². The Morgan fingerprint density at radius 1 is 1.26 bits per heavy atom. The van der Waals surface area contributed by atoms with Crippen molar-refractivity contribution in [1.29, 1.82) is 0 Å². The second kappa shape index (κ2) is 9.60. The Labute approximate surface area is 140 Å². The van der Waals surface area contributed by atoms with Crippen LogP contribution in [-0.4, -0.2) is 68.4 Å². The summed E-state index contributed by atoms with van der Waals surface area (Å²) in [6.07, 6.45) is 2.06. The molecule has 0 saturated carbocycles. The van der Waals surface area contributed by atoms with Gasteiger partial charge >= 0.3 is 6.09 Å². The van der Waals surface area contributed by atoms with Gasteiger partial charge in [-0.15, -0.1) is 0 Å². The summed E-state index contributed by atoms with van der Waals surface area (Å²) in [5.74, 6) is 0.791. The van der Waals surface area contributed by atoms with Crippen LogP contribution in [0.25, 0.3) is 0 Å². The number of aliphatic imine (C=N–C) groups is 1. The topological polar surface area (TPSA) is 78.0 Å². The summed E-state index contributed by atoms with van der Waals surface area (Å²) in [7, 11) is 2.15. The van der Waals surface area contributed by atoms with Gasteiger partial charge in [0, 0.05) is 25.7 Å². The number of likely N-dealkylation sites (N-methyl/N-ethyl adjacent to an activating group) is 1. The second-order valence-corrected chi connectivity index (χ2v) is 6.85. The largest absolute Gasteiger partial charge is 0.444 e. The zero-order valence-electron chi connectivity index (χ0n) is 15.2. The Morgan fingerprint density at radius 2 is 1.96 bits per heavy atom. The Morgan fingerprint density at radius 3 is 2.52 bits per heavy atom. The molecule has 1 amide bonds. The van der Waals surface area contributed by atoms with Gasteiger partial charge in [-0.3, -0.25) is 4.99 Å². The summed E-state index contributed by atoms with van der Waals surface area (Å²) in [6.45, 7) is 11.4. The Hall–Kier alpha value is -1.50. The van der Waals surface area contributed by atoms with Crippen molar-refractivity contribution in [3.05, 3.63) is 0 Å². The number of likely N-dealkylation sites (tertiary alicyclic amines) is 1. The van der Waals surface area contributed by atoms with Crippen molar-refractivity contribution in [2.45, 2.75) is 52.2 Å². The molecular formula is C16H33N5O2. The van der Waals surface area contributed by atoms with Crippen LogP contribution in [0, 0.1) is 0 Å². The van der Waals surface area contributed by atoms with E-state index in [0.29, 0.717) is 19.1 Å². The lowest BCUT2D eigenvalue weighted by Gasteiger charge is -2.20. The van der Waals surface area contributed by atoms with Crippen molar-refractivity contribution in [2.75, 3.05) is 39.8 Å². The highest BCUT2D eigenvalue weighted by atomic mass is 16.6. The minimum absolute atomic E-state index is 0.395. The van der Waals surface area contributed by atoms with Gasteiger partial charge in [0.1, 0.15) is 5.60 Å². The molecule has 0 radical (unpaired) electrons. The molecule has 0 aliphatic carbocycles. The van der Waals surface area contributed by atoms with Gasteiger partial charge in [0.15, 0.2) is 5.96 Å². The highest BCUT2D eigenvalue weighted by Gasteiger charge is 2.20. The lowest BCUT2D eigenvalue weighted by molar-refractivity contribution is 0.0529. The van der Waals surface area contributed by atoms with Gasteiger partial charge in [0.2, 0.25) is 0 Å². The highest BCUT2D eigenvalue weighted by molar-refractivity contribution is 5.79. The molecule has 7 nitrogen and oxygen atoms in total. The summed E-state index contributed by atoms with van der Waals surface area (Å²) in [5, 5.41) is 9.18. The number of carbonyl (C=O) groups excluding carboxylic acids is 1. The third-order valence-electron chi connectivity index (χ3n) is 3.56. The molecule has 0 aromatic heterocycles. The molecule has 0 aromatic carbocycles. The minimum atomic E-state index is -0.471. The fraction of sp³-hybridized carbons (Fsp3) is 0.875. The van der Waals surface area contributed by atoms with E-state index < -0.39 is 11.7 Å². The second-order valence-electron chi connectivity index (χ2n) is 6.85. The average molecular weight is 327 g/mol. The third kappa shape index (κ3) is 8.64. The van der Waals surface area contributed by atoms with Crippen LogP contribution in [0.15, 0.2) is 4.99 Å². The average Bonchev–Trinajstić information content (AvgIpc) is 2.84. The fourth-order valence-corrected chi connectivity index (χ4v) is 2.41. The molecule has 1 atom stereocenters. The number of hydrogen-bond donors (Lipinski definition) is 3. The van der Waals surface area contributed by atoms with Gasteiger partial charge in [0.05, 0.1) is 6.54 Å². The normalized spacial score (nSPS) is 19.5. The predicted octanol–water partition coefficient (Wildman–Crippen LogP) is 1.16. The number of carbonyl (C=O) groups is 1. The zero-order chi connectivity index (χ0) is 17.3. The number of amides is 1. The summed E-state index contributed by atoms with van der Waals surface area (Å²) in [5.41, 5.74) is -0.471. The maximum absolute atomic E-state index is 11.6. The Balaban J connectivity index is 2.28. The Bertz CT molecular complexity index is 392. The summed E-state index contributed by atoms with van der Waals surface area (Å²) >= 11 is 0. The highest BCUT2D eigenvalue weighted by Crippen LogP contribution is 2.14. The van der Waals surface area contributed by atoms with Crippen molar-refractivity contribution in [1.82, 2.24) is 20.9 Å². The van der Waals surface area contributed by atoms with E-state index in [4.69, 9.17) is 4.74 Å². The Kier molecular flexibility index (Phi) is 8.16. The number of nitrogens with zero attached hydrogens (tertiary/aromatic N) is 2. The molecule has 1 fully saturated rings. The number of alkyl carbamates (subject to hydrolysis) is 1. The number of guanidine groups is 1. The quantitative estimate of drug-likeness (QED) is 0.388. The minimum Gasteiger partial charge on any atom is -0.444 e. The van der Waals surface area contributed by atoms with E-state index >= 15 is 0 Å². The van der Waals surface area contributed by atoms with Crippen LogP contribution in [0.5, 0.6) is 0 Å². The molecule has 1 aliphatic heterocycles. The van der Waals surface area contributed by atoms with Crippen LogP contribution in [0.2, 0.25) is 0 Å². The molecule has 1 unspecified atom stereocenters. The van der Waals surface area contributed by atoms with E-state index in [2.05, 4.69) is 32.9 Å². The van der Waals surface area contributed by atoms with Crippen LogP contribution < -0.4 is 16.0 Å². The van der Waals surface area contributed by atoms with Crippen molar-refractivity contribution in [3.8, 4) is 0 Å². The molecule has 0 bridgehead atoms. The SMILES string of the molecule is CCNC(=NCC1CCCN1C)NCCNC(=O)OC(C)(C)C. The summed E-state index contributed by atoms with van der Waals surface area (Å²) < 4.78 is 5.19. The predicted molar refractivity (Wildman–Crippen MR) is 93.9 cm³/mol. The first kappa shape index (κ1) is 19.5. The molecule has 1 aliphatic rings. The van der Waals surface area contributed by atoms with Gasteiger partial charge in [-0.2, -0.15) is 0 Å². The number of rotatable bonds is 6. The van der Waals surface area contributed by atoms with Crippen molar-refractivity contribution in [2.24, 2.45) is 4.99 Å². The maximum atomic E-state index is 11.6. The first-order valence-electron chi connectivity index (χ1n) is 8.51. The van der Waals surface area contributed by atoms with E-state index in [1.54, 1.807) is 0 Å².